The zero-order valence-electron chi connectivity index (χ0n) is 27.3. The summed E-state index contributed by atoms with van der Waals surface area (Å²) in [6.45, 7) is 0. The van der Waals surface area contributed by atoms with Crippen LogP contribution in [0.15, 0.2) is 182 Å². The van der Waals surface area contributed by atoms with Crippen LogP contribution in [-0.4, -0.2) is 0 Å². The van der Waals surface area contributed by atoms with Gasteiger partial charge in [-0.15, -0.1) is 0 Å². The summed E-state index contributed by atoms with van der Waals surface area (Å²) in [6.07, 6.45) is 0. The van der Waals surface area contributed by atoms with Crippen LogP contribution in [0.3, 0.4) is 0 Å². The second-order valence-electron chi connectivity index (χ2n) is 13.7. The summed E-state index contributed by atoms with van der Waals surface area (Å²) in [5, 5.41) is 17.9. The van der Waals surface area contributed by atoms with E-state index >= 15 is 0 Å². The molecule has 0 aromatic heterocycles. The maximum absolute atomic E-state index is 2.49. The lowest BCUT2D eigenvalue weighted by atomic mass is 9.83. The molecular formula is C50H30. The molecule has 0 N–H and O–H groups in total. The van der Waals surface area contributed by atoms with Crippen LogP contribution in [0.2, 0.25) is 0 Å². The van der Waals surface area contributed by atoms with Crippen LogP contribution in [0, 0.1) is 0 Å². The van der Waals surface area contributed by atoms with Gasteiger partial charge in [-0.25, -0.2) is 0 Å². The molecule has 0 atom stereocenters. The minimum absolute atomic E-state index is 1.22. The highest BCUT2D eigenvalue weighted by molar-refractivity contribution is 6.30. The molecule has 0 fully saturated rings. The van der Waals surface area contributed by atoms with Gasteiger partial charge < -0.3 is 0 Å². The van der Waals surface area contributed by atoms with Crippen LogP contribution in [0.1, 0.15) is 0 Å². The van der Waals surface area contributed by atoms with E-state index in [1.165, 1.54) is 109 Å². The average molecular weight is 631 g/mol. The fraction of sp³-hybridized carbons (Fsp3) is 0. The Morgan fingerprint density at radius 1 is 0.200 bits per heavy atom. The summed E-state index contributed by atoms with van der Waals surface area (Å²) in [6, 6.07) is 67.9. The number of benzene rings is 11. The number of rotatable bonds is 3. The zero-order valence-corrected chi connectivity index (χ0v) is 27.3. The van der Waals surface area contributed by atoms with E-state index < -0.39 is 0 Å². The summed E-state index contributed by atoms with van der Waals surface area (Å²) in [5.41, 5.74) is 7.51. The van der Waals surface area contributed by atoms with Gasteiger partial charge in [0.1, 0.15) is 0 Å². The third kappa shape index (κ3) is 4.06. The molecule has 0 saturated carbocycles. The van der Waals surface area contributed by atoms with Crippen molar-refractivity contribution in [2.24, 2.45) is 0 Å². The first-order chi connectivity index (χ1) is 24.8. The molecule has 0 nitrogen and oxygen atoms in total. The van der Waals surface area contributed by atoms with Crippen molar-refractivity contribution in [3.63, 3.8) is 0 Å². The lowest BCUT2D eigenvalue weighted by Crippen LogP contribution is -1.93. The van der Waals surface area contributed by atoms with Crippen molar-refractivity contribution >= 4 is 75.4 Å². The summed E-state index contributed by atoms with van der Waals surface area (Å²) in [5.74, 6) is 0. The van der Waals surface area contributed by atoms with Crippen molar-refractivity contribution in [3.05, 3.63) is 182 Å². The van der Waals surface area contributed by atoms with E-state index in [0.29, 0.717) is 0 Å². The van der Waals surface area contributed by atoms with Crippen molar-refractivity contribution in [2.45, 2.75) is 0 Å². The first-order valence-corrected chi connectivity index (χ1v) is 17.4. The van der Waals surface area contributed by atoms with Gasteiger partial charge in [0, 0.05) is 0 Å². The molecule has 0 amide bonds. The standard InChI is InChI=1S/C50H30/c1-2-10-31(11-3-1)39-26-40-25-35-13-5-7-15-37(35)28-45(40)46(29-39)48-30-47(41-19-9-18-38-24-34-12-4-6-14-36(34)27-44(38)41)42-22-20-32-16-8-17-33-21-23-43(48)50(42)49(32)33/h1-30H. The normalized spacial score (nSPS) is 12.0. The van der Waals surface area contributed by atoms with E-state index in [-0.39, 0.29) is 0 Å². The second-order valence-corrected chi connectivity index (χ2v) is 13.7. The van der Waals surface area contributed by atoms with Gasteiger partial charge in [-0.1, -0.05) is 140 Å². The molecule has 11 aromatic carbocycles. The smallest absolute Gasteiger partial charge is 0.00143 e. The largest absolute Gasteiger partial charge is 0.0622 e. The predicted molar refractivity (Wildman–Crippen MR) is 216 cm³/mol. The highest BCUT2D eigenvalue weighted by atomic mass is 14.2. The van der Waals surface area contributed by atoms with E-state index in [1.54, 1.807) is 0 Å². The Morgan fingerprint density at radius 2 is 0.700 bits per heavy atom. The highest BCUT2D eigenvalue weighted by Crippen LogP contribution is 2.47. The van der Waals surface area contributed by atoms with E-state index in [9.17, 15) is 0 Å². The molecule has 50 heavy (non-hydrogen) atoms. The molecule has 0 radical (unpaired) electrons. The minimum atomic E-state index is 1.22. The molecule has 0 heterocycles. The van der Waals surface area contributed by atoms with E-state index in [4.69, 9.17) is 0 Å². The highest BCUT2D eigenvalue weighted by Gasteiger charge is 2.20. The lowest BCUT2D eigenvalue weighted by Gasteiger charge is -2.20. The first kappa shape index (κ1) is 27.5. The number of hydrogen-bond acceptors (Lipinski definition) is 0. The molecular weight excluding hydrogens is 601 g/mol. The van der Waals surface area contributed by atoms with Gasteiger partial charge in [-0.2, -0.15) is 0 Å². The quantitative estimate of drug-likeness (QED) is 0.135. The molecule has 0 saturated heterocycles. The Balaban J connectivity index is 1.32. The molecule has 230 valence electrons. The molecule has 0 heteroatoms. The minimum Gasteiger partial charge on any atom is -0.0622 e. The van der Waals surface area contributed by atoms with Crippen molar-refractivity contribution < 1.29 is 0 Å². The van der Waals surface area contributed by atoms with Crippen molar-refractivity contribution in [3.8, 4) is 33.4 Å². The van der Waals surface area contributed by atoms with E-state index in [2.05, 4.69) is 182 Å². The topological polar surface area (TPSA) is 0 Å². The van der Waals surface area contributed by atoms with Gasteiger partial charge in [0.05, 0.1) is 0 Å². The molecule has 11 aromatic rings. The van der Waals surface area contributed by atoms with Crippen LogP contribution >= 0.6 is 0 Å². The molecule has 0 aliphatic heterocycles. The van der Waals surface area contributed by atoms with Crippen molar-refractivity contribution in [2.75, 3.05) is 0 Å². The molecule has 0 aliphatic rings. The van der Waals surface area contributed by atoms with Gasteiger partial charge in [0.2, 0.25) is 0 Å². The maximum atomic E-state index is 2.49. The molecule has 11 rings (SSSR count). The van der Waals surface area contributed by atoms with Crippen LogP contribution in [0.25, 0.3) is 109 Å². The fourth-order valence-electron chi connectivity index (χ4n) is 8.55. The van der Waals surface area contributed by atoms with Crippen molar-refractivity contribution in [1.29, 1.82) is 0 Å². The molecule has 0 spiro atoms. The fourth-order valence-corrected chi connectivity index (χ4v) is 8.55. The Morgan fingerprint density at radius 3 is 1.38 bits per heavy atom. The van der Waals surface area contributed by atoms with Crippen LogP contribution in [-0.2, 0) is 0 Å². The van der Waals surface area contributed by atoms with E-state index in [1.807, 2.05) is 0 Å². The van der Waals surface area contributed by atoms with Crippen LogP contribution in [0.5, 0.6) is 0 Å². The third-order valence-electron chi connectivity index (χ3n) is 10.9. The Hall–Kier alpha value is -6.50. The third-order valence-corrected chi connectivity index (χ3v) is 10.9. The molecule has 0 unspecified atom stereocenters. The lowest BCUT2D eigenvalue weighted by molar-refractivity contribution is 1.64. The Kier molecular flexibility index (Phi) is 5.76. The second kappa shape index (κ2) is 10.5. The monoisotopic (exact) mass is 630 g/mol. The number of fused-ring (bicyclic) bond motifs is 4. The summed E-state index contributed by atoms with van der Waals surface area (Å²) >= 11 is 0. The Labute approximate surface area is 289 Å². The van der Waals surface area contributed by atoms with Gasteiger partial charge in [0.25, 0.3) is 0 Å². The summed E-state index contributed by atoms with van der Waals surface area (Å²) in [7, 11) is 0. The maximum Gasteiger partial charge on any atom is -0.00143 e. The Bertz CT molecular complexity index is 3110. The summed E-state index contributed by atoms with van der Waals surface area (Å²) < 4.78 is 0. The van der Waals surface area contributed by atoms with Gasteiger partial charge in [0.15, 0.2) is 0 Å². The van der Waals surface area contributed by atoms with Crippen LogP contribution in [0.4, 0.5) is 0 Å². The first-order valence-electron chi connectivity index (χ1n) is 17.4. The zero-order chi connectivity index (χ0) is 32.8. The average Bonchev–Trinajstić information content (AvgIpc) is 3.18. The van der Waals surface area contributed by atoms with Gasteiger partial charge in [-0.05, 0) is 151 Å². The number of hydrogen-bond donors (Lipinski definition) is 0. The van der Waals surface area contributed by atoms with Gasteiger partial charge >= 0.3 is 0 Å². The predicted octanol–water partition coefficient (Wildman–Crippen LogP) is 14.2. The molecule has 0 bridgehead atoms. The molecule has 0 aliphatic carbocycles. The van der Waals surface area contributed by atoms with Crippen molar-refractivity contribution in [1.82, 2.24) is 0 Å². The van der Waals surface area contributed by atoms with E-state index in [0.717, 1.165) is 0 Å². The SMILES string of the molecule is c1ccc(-c2cc(-c3cc(-c4cccc5cc6ccccc6cc45)c4ccc5cccc6ccc3c4c56)c3cc4ccccc4cc3c2)cc1. The summed E-state index contributed by atoms with van der Waals surface area (Å²) in [4.78, 5) is 0. The van der Waals surface area contributed by atoms with Crippen LogP contribution < -0.4 is 0 Å². The van der Waals surface area contributed by atoms with Gasteiger partial charge in [-0.3, -0.25) is 0 Å².